The maximum Gasteiger partial charge on any atom is 0.323 e. The van der Waals surface area contributed by atoms with E-state index in [9.17, 15) is 18.0 Å². The number of nitrogens with zero attached hydrogens (tertiary/aromatic N) is 2. The molecule has 31 heavy (non-hydrogen) atoms. The Balaban J connectivity index is 2.14. The van der Waals surface area contributed by atoms with Gasteiger partial charge in [-0.05, 0) is 64.5 Å². The third kappa shape index (κ3) is 5.04. The van der Waals surface area contributed by atoms with Gasteiger partial charge in [0.15, 0.2) is 0 Å². The normalized spacial score (nSPS) is 10.5. The Hall–Kier alpha value is -3.37. The molecule has 3 aromatic carbocycles. The summed E-state index contributed by atoms with van der Waals surface area (Å²) in [6.07, 6.45) is 0. The molecule has 3 aromatic rings. The smallest absolute Gasteiger partial charge is 0.323 e. The third-order valence-electron chi connectivity index (χ3n) is 4.26. The van der Waals surface area contributed by atoms with Gasteiger partial charge >= 0.3 is 6.03 Å². The highest BCUT2D eigenvalue weighted by Gasteiger charge is 2.24. The summed E-state index contributed by atoms with van der Waals surface area (Å²) in [6, 6.07) is 19.0. The quantitative estimate of drug-likeness (QED) is 0.436. The fourth-order valence-electron chi connectivity index (χ4n) is 3.04. The fraction of sp³-hybridized carbons (Fsp3) is 0.0476. The van der Waals surface area contributed by atoms with Gasteiger partial charge in [0.1, 0.15) is 0 Å². The Morgan fingerprint density at radius 2 is 1.42 bits per heavy atom. The number of thiol groups is 1. The molecule has 0 fully saturated rings. The van der Waals surface area contributed by atoms with Crippen LogP contribution in [0.25, 0.3) is 0 Å². The van der Waals surface area contributed by atoms with Crippen molar-refractivity contribution in [1.82, 2.24) is 0 Å². The predicted octanol–water partition coefficient (Wildman–Crippen LogP) is 4.29. The molecule has 8 nitrogen and oxygen atoms in total. The summed E-state index contributed by atoms with van der Waals surface area (Å²) in [4.78, 5) is 24.9. The number of urea groups is 1. The summed E-state index contributed by atoms with van der Waals surface area (Å²) in [5.41, 5.74) is 7.51. The van der Waals surface area contributed by atoms with Crippen molar-refractivity contribution in [2.75, 3.05) is 14.5 Å². The molecule has 0 heterocycles. The summed E-state index contributed by atoms with van der Waals surface area (Å²) < 4.78 is 26.2. The molecule has 0 saturated carbocycles. The molecule has 0 aromatic heterocycles. The molecule has 0 aliphatic heterocycles. The van der Waals surface area contributed by atoms with Crippen LogP contribution >= 0.6 is 15.9 Å². The number of carbonyl (C=O) groups is 2. The first-order valence-electron chi connectivity index (χ1n) is 9.05. The topological polar surface area (TPSA) is 113 Å². The molecule has 160 valence electrons. The van der Waals surface area contributed by atoms with Crippen LogP contribution in [0.15, 0.2) is 77.3 Å². The van der Waals surface area contributed by atoms with Crippen LogP contribution in [0.1, 0.15) is 6.92 Å². The summed E-state index contributed by atoms with van der Waals surface area (Å²) >= 11 is 3.41. The zero-order valence-corrected chi connectivity index (χ0v) is 18.8. The fourth-order valence-corrected chi connectivity index (χ4v) is 4.17. The van der Waals surface area contributed by atoms with Crippen molar-refractivity contribution in [2.24, 2.45) is 5.73 Å². The number of nitrogens with two attached hydrogens (primary N) is 1. The Bertz CT molecular complexity index is 1190. The Kier molecular flexibility index (Phi) is 6.93. The molecule has 3 N–H and O–H groups in total. The van der Waals surface area contributed by atoms with Crippen molar-refractivity contribution < 1.29 is 18.0 Å². The molecule has 0 aliphatic rings. The molecule has 10 heteroatoms. The van der Waals surface area contributed by atoms with Crippen LogP contribution in [0.3, 0.4) is 0 Å². The summed E-state index contributed by atoms with van der Waals surface area (Å²) in [5.74, 6) is -0.240. The van der Waals surface area contributed by atoms with Crippen LogP contribution in [0.5, 0.6) is 0 Å². The second kappa shape index (κ2) is 9.63. The number of anilines is 5. The van der Waals surface area contributed by atoms with Gasteiger partial charge in [0, 0.05) is 17.1 Å². The van der Waals surface area contributed by atoms with E-state index in [1.807, 2.05) is 0 Å². The first-order valence-corrected chi connectivity index (χ1v) is 11.0. The number of hydrogen-bond acceptors (Lipinski definition) is 4. The summed E-state index contributed by atoms with van der Waals surface area (Å²) in [5, 5.41) is 2.63. The van der Waals surface area contributed by atoms with Crippen LogP contribution in [0.4, 0.5) is 33.2 Å². The van der Waals surface area contributed by atoms with Gasteiger partial charge in [0.2, 0.25) is 16.8 Å². The Morgan fingerprint density at radius 3 is 1.94 bits per heavy atom. The van der Waals surface area contributed by atoms with Crippen molar-refractivity contribution in [3.63, 3.8) is 0 Å². The molecule has 0 atom stereocenters. The molecule has 0 unspecified atom stereocenters. The van der Waals surface area contributed by atoms with E-state index in [2.05, 4.69) is 21.2 Å². The number of hydrogen-bond donors (Lipinski definition) is 3. The zero-order valence-electron chi connectivity index (χ0n) is 16.4. The molecular weight excluding hydrogens is 484 g/mol. The second-order valence-electron chi connectivity index (χ2n) is 6.39. The average molecular weight is 503 g/mol. The lowest BCUT2D eigenvalue weighted by molar-refractivity contribution is -0.114. The largest absolute Gasteiger partial charge is 0.351 e. The number of benzene rings is 3. The van der Waals surface area contributed by atoms with E-state index in [0.717, 1.165) is 4.31 Å². The average Bonchev–Trinajstić information content (AvgIpc) is 2.71. The number of nitrogens with one attached hydrogen (secondary N) is 1. The first-order chi connectivity index (χ1) is 14.8. The van der Waals surface area contributed by atoms with E-state index >= 15 is 0 Å². The molecule has 0 aliphatic carbocycles. The van der Waals surface area contributed by atoms with Crippen LogP contribution in [-0.2, 0) is 15.7 Å². The molecular formula is C21H19BrN4O4S. The van der Waals surface area contributed by atoms with E-state index < -0.39 is 16.9 Å². The molecule has 0 spiro atoms. The number of rotatable bonds is 6. The standard InChI is InChI=1S/C21H19BrN4O4S/c1-14(27)24-15-10-12-16(13-11-15)26(31(29)30)20-9-5-4-8-19(20)25(21(23)28)18-7-3-2-6-17(18)22/h2-13,31H,1H3,(H2,23,28)(H,24,27). The number of primary amides is 1. The van der Waals surface area contributed by atoms with E-state index in [-0.39, 0.29) is 17.3 Å². The van der Waals surface area contributed by atoms with E-state index in [4.69, 9.17) is 5.73 Å². The monoisotopic (exact) mass is 502 g/mol. The Labute approximate surface area is 189 Å². The molecule has 0 radical (unpaired) electrons. The number of amides is 3. The van der Waals surface area contributed by atoms with E-state index in [1.165, 1.54) is 11.8 Å². The second-order valence-corrected chi connectivity index (χ2v) is 8.12. The van der Waals surface area contributed by atoms with Gasteiger partial charge in [-0.3, -0.25) is 9.69 Å². The third-order valence-corrected chi connectivity index (χ3v) is 5.70. The van der Waals surface area contributed by atoms with Crippen molar-refractivity contribution in [3.8, 4) is 0 Å². The van der Waals surface area contributed by atoms with E-state index in [1.54, 1.807) is 72.8 Å². The maximum atomic E-state index is 12.4. The molecule has 3 amide bonds. The first kappa shape index (κ1) is 22.3. The highest BCUT2D eigenvalue weighted by Crippen LogP contribution is 2.40. The van der Waals surface area contributed by atoms with Crippen LogP contribution in [0, 0.1) is 0 Å². The lowest BCUT2D eigenvalue weighted by Crippen LogP contribution is -2.33. The Morgan fingerprint density at radius 1 is 0.871 bits per heavy atom. The minimum Gasteiger partial charge on any atom is -0.351 e. The maximum absolute atomic E-state index is 12.4. The molecule has 0 bridgehead atoms. The van der Waals surface area contributed by atoms with E-state index in [0.29, 0.717) is 21.5 Å². The zero-order chi connectivity index (χ0) is 22.5. The number of para-hydroxylation sites is 3. The highest BCUT2D eigenvalue weighted by atomic mass is 79.9. The minimum atomic E-state index is -3.12. The van der Waals surface area contributed by atoms with Gasteiger partial charge in [0.05, 0.1) is 22.7 Å². The van der Waals surface area contributed by atoms with Gasteiger partial charge in [0.25, 0.3) is 0 Å². The molecule has 0 saturated heterocycles. The van der Waals surface area contributed by atoms with Gasteiger partial charge in [-0.1, -0.05) is 24.3 Å². The number of carbonyl (C=O) groups excluding carboxylic acids is 2. The van der Waals surface area contributed by atoms with Crippen molar-refractivity contribution in [1.29, 1.82) is 0 Å². The van der Waals surface area contributed by atoms with Crippen molar-refractivity contribution in [2.45, 2.75) is 6.92 Å². The van der Waals surface area contributed by atoms with Gasteiger partial charge in [-0.2, -0.15) is 0 Å². The van der Waals surface area contributed by atoms with Crippen molar-refractivity contribution in [3.05, 3.63) is 77.3 Å². The van der Waals surface area contributed by atoms with Gasteiger partial charge in [-0.25, -0.2) is 17.5 Å². The minimum absolute atomic E-state index is 0.237. The summed E-state index contributed by atoms with van der Waals surface area (Å²) in [7, 11) is -3.12. The van der Waals surface area contributed by atoms with Crippen LogP contribution in [-0.4, -0.2) is 20.4 Å². The SMILES string of the molecule is CC(=O)Nc1ccc(N(c2ccccc2N(C(N)=O)c2ccccc2Br)[SH](=O)=O)cc1. The number of halogens is 1. The molecule has 3 rings (SSSR count). The summed E-state index contributed by atoms with van der Waals surface area (Å²) in [6.45, 7) is 1.38. The predicted molar refractivity (Wildman–Crippen MR) is 126 cm³/mol. The lowest BCUT2D eigenvalue weighted by Gasteiger charge is -2.28. The van der Waals surface area contributed by atoms with Gasteiger partial charge in [-0.15, -0.1) is 0 Å². The highest BCUT2D eigenvalue weighted by molar-refractivity contribution is 9.10. The van der Waals surface area contributed by atoms with Gasteiger partial charge < -0.3 is 11.1 Å². The van der Waals surface area contributed by atoms with Crippen LogP contribution < -0.4 is 20.3 Å². The lowest BCUT2D eigenvalue weighted by atomic mass is 10.2. The van der Waals surface area contributed by atoms with Crippen LogP contribution in [0.2, 0.25) is 0 Å². The van der Waals surface area contributed by atoms with Crippen molar-refractivity contribution >= 4 is 67.2 Å².